The van der Waals surface area contributed by atoms with Gasteiger partial charge < -0.3 is 9.13 Å². The van der Waals surface area contributed by atoms with Crippen molar-refractivity contribution in [3.63, 3.8) is 0 Å². The first-order valence-corrected chi connectivity index (χ1v) is 15.7. The minimum absolute atomic E-state index is 0.709. The van der Waals surface area contributed by atoms with Crippen LogP contribution in [0.1, 0.15) is 0 Å². The molecule has 4 rings (SSSR count). The van der Waals surface area contributed by atoms with Gasteiger partial charge in [-0.25, -0.2) is 0 Å². The maximum atomic E-state index is 12.9. The molecule has 0 aromatic heterocycles. The summed E-state index contributed by atoms with van der Waals surface area (Å²) in [5.41, 5.74) is 4.21. The van der Waals surface area contributed by atoms with Crippen LogP contribution in [0.4, 0.5) is 0 Å². The van der Waals surface area contributed by atoms with Crippen molar-refractivity contribution in [3.8, 4) is 22.3 Å². The first-order valence-electron chi connectivity index (χ1n) is 10.1. The second-order valence-corrected chi connectivity index (χ2v) is 15.5. The van der Waals surface area contributed by atoms with E-state index in [-0.39, 0.29) is 0 Å². The molecule has 0 bridgehead atoms. The average Bonchev–Trinajstić information content (AvgIpc) is 2.72. The fraction of sp³-hybridized carbons (Fsp3) is 0.154. The molecule has 0 aliphatic rings. The molecule has 4 aromatic rings. The Labute approximate surface area is 189 Å². The SMILES string of the molecule is CP(C)(=O)c1cc(-c2ccc(-c3ccc(Cl)cc3)c3ccccc23)cc(P(C)(C)=O)c1. The molecule has 0 saturated carbocycles. The Kier molecular flexibility index (Phi) is 5.78. The van der Waals surface area contributed by atoms with Gasteiger partial charge in [0.05, 0.1) is 0 Å². The van der Waals surface area contributed by atoms with Gasteiger partial charge in [0, 0.05) is 15.6 Å². The van der Waals surface area contributed by atoms with Crippen molar-refractivity contribution in [1.29, 1.82) is 0 Å². The van der Waals surface area contributed by atoms with Crippen LogP contribution in [-0.4, -0.2) is 26.7 Å². The van der Waals surface area contributed by atoms with Gasteiger partial charge >= 0.3 is 0 Å². The standard InChI is InChI=1S/C26H25ClO2P2/c1-30(2,28)21-15-19(16-22(17-21)31(3,4)29)24-14-13-23(18-9-11-20(27)12-10-18)25-7-5-6-8-26(24)25/h5-17H,1-4H3. The van der Waals surface area contributed by atoms with E-state index in [9.17, 15) is 9.13 Å². The van der Waals surface area contributed by atoms with E-state index in [1.54, 1.807) is 26.7 Å². The summed E-state index contributed by atoms with van der Waals surface area (Å²) in [7, 11) is -5.04. The molecule has 0 aliphatic heterocycles. The van der Waals surface area contributed by atoms with E-state index in [0.717, 1.165) is 43.6 Å². The summed E-state index contributed by atoms with van der Waals surface area (Å²) in [4.78, 5) is 0. The number of hydrogen-bond donors (Lipinski definition) is 0. The van der Waals surface area contributed by atoms with Gasteiger partial charge in [0.2, 0.25) is 0 Å². The fourth-order valence-corrected chi connectivity index (χ4v) is 5.83. The highest BCUT2D eigenvalue weighted by Crippen LogP contribution is 2.42. The average molecular weight is 467 g/mol. The Hall–Kier alpha value is -2.11. The van der Waals surface area contributed by atoms with Crippen LogP contribution >= 0.6 is 25.9 Å². The Balaban J connectivity index is 2.00. The van der Waals surface area contributed by atoms with Crippen molar-refractivity contribution < 1.29 is 9.13 Å². The quantitative estimate of drug-likeness (QED) is 0.295. The summed E-state index contributed by atoms with van der Waals surface area (Å²) < 4.78 is 25.8. The zero-order valence-corrected chi connectivity index (χ0v) is 20.6. The van der Waals surface area contributed by atoms with E-state index in [0.29, 0.717) is 5.02 Å². The van der Waals surface area contributed by atoms with E-state index in [1.165, 1.54) is 0 Å². The molecule has 5 heteroatoms. The van der Waals surface area contributed by atoms with Crippen LogP contribution in [0.2, 0.25) is 5.02 Å². The molecule has 4 aromatic carbocycles. The lowest BCUT2D eigenvalue weighted by atomic mass is 9.92. The Bertz CT molecular complexity index is 1340. The van der Waals surface area contributed by atoms with Crippen LogP contribution in [0, 0.1) is 0 Å². The van der Waals surface area contributed by atoms with Crippen molar-refractivity contribution in [2.75, 3.05) is 26.7 Å². The van der Waals surface area contributed by atoms with E-state index in [4.69, 9.17) is 11.6 Å². The van der Waals surface area contributed by atoms with Gasteiger partial charge in [-0.05, 0) is 90.0 Å². The molecule has 0 amide bonds. The zero-order valence-electron chi connectivity index (χ0n) is 18.1. The number of halogens is 1. The number of fused-ring (bicyclic) bond motifs is 1. The third kappa shape index (κ3) is 4.58. The van der Waals surface area contributed by atoms with Gasteiger partial charge in [-0.3, -0.25) is 0 Å². The molecule has 2 nitrogen and oxygen atoms in total. The molecular weight excluding hydrogens is 442 g/mol. The van der Waals surface area contributed by atoms with E-state index in [2.05, 4.69) is 24.3 Å². The first-order chi connectivity index (χ1) is 14.5. The van der Waals surface area contributed by atoms with Crippen molar-refractivity contribution in [2.24, 2.45) is 0 Å². The molecule has 0 heterocycles. The van der Waals surface area contributed by atoms with Crippen LogP contribution in [0.25, 0.3) is 33.0 Å². The Morgan fingerprint density at radius 3 is 1.48 bits per heavy atom. The molecule has 0 radical (unpaired) electrons. The summed E-state index contributed by atoms with van der Waals surface area (Å²) in [5.74, 6) is 0. The van der Waals surface area contributed by atoms with Crippen molar-refractivity contribution in [1.82, 2.24) is 0 Å². The fourth-order valence-electron chi connectivity index (χ4n) is 3.80. The Morgan fingerprint density at radius 2 is 1.03 bits per heavy atom. The smallest absolute Gasteiger partial charge is 0.109 e. The summed E-state index contributed by atoms with van der Waals surface area (Å²) >= 11 is 6.08. The minimum Gasteiger partial charge on any atom is -0.319 e. The summed E-state index contributed by atoms with van der Waals surface area (Å²) in [6, 6.07) is 26.2. The van der Waals surface area contributed by atoms with Crippen LogP contribution in [-0.2, 0) is 9.13 Å². The molecule has 0 N–H and O–H groups in total. The molecule has 158 valence electrons. The van der Waals surface area contributed by atoms with Gasteiger partial charge in [-0.2, -0.15) is 0 Å². The molecule has 0 unspecified atom stereocenters. The zero-order chi connectivity index (χ0) is 22.4. The maximum Gasteiger partial charge on any atom is 0.109 e. The molecule has 31 heavy (non-hydrogen) atoms. The third-order valence-electron chi connectivity index (χ3n) is 5.54. The second-order valence-electron chi connectivity index (χ2n) is 8.65. The number of benzene rings is 4. The highest BCUT2D eigenvalue weighted by molar-refractivity contribution is 7.71. The Morgan fingerprint density at radius 1 is 0.581 bits per heavy atom. The lowest BCUT2D eigenvalue weighted by molar-refractivity contribution is 0.588. The normalized spacial score (nSPS) is 12.3. The van der Waals surface area contributed by atoms with Gasteiger partial charge in [0.25, 0.3) is 0 Å². The molecule has 0 spiro atoms. The monoisotopic (exact) mass is 466 g/mol. The predicted octanol–water partition coefficient (Wildman–Crippen LogP) is 7.32. The van der Waals surface area contributed by atoms with Crippen LogP contribution in [0.3, 0.4) is 0 Å². The highest BCUT2D eigenvalue weighted by Gasteiger charge is 2.20. The van der Waals surface area contributed by atoms with Crippen molar-refractivity contribution in [3.05, 3.63) is 83.9 Å². The highest BCUT2D eigenvalue weighted by atomic mass is 35.5. The lowest BCUT2D eigenvalue weighted by Gasteiger charge is -2.17. The second kappa shape index (κ2) is 8.10. The van der Waals surface area contributed by atoms with Crippen LogP contribution < -0.4 is 10.6 Å². The molecule has 0 aliphatic carbocycles. The first kappa shape index (κ1) is 22.1. The predicted molar refractivity (Wildman–Crippen MR) is 138 cm³/mol. The minimum atomic E-state index is -2.52. The van der Waals surface area contributed by atoms with E-state index < -0.39 is 14.3 Å². The molecular formula is C26H25ClO2P2. The van der Waals surface area contributed by atoms with Gasteiger partial charge in [-0.15, -0.1) is 0 Å². The van der Waals surface area contributed by atoms with Crippen LogP contribution in [0.15, 0.2) is 78.9 Å². The molecule has 0 atom stereocenters. The van der Waals surface area contributed by atoms with E-state index in [1.807, 2.05) is 54.6 Å². The third-order valence-corrected chi connectivity index (χ3v) is 8.79. The molecule has 0 saturated heterocycles. The summed E-state index contributed by atoms with van der Waals surface area (Å²) in [5, 5.41) is 4.45. The molecule has 0 fully saturated rings. The lowest BCUT2D eigenvalue weighted by Crippen LogP contribution is -2.14. The number of hydrogen-bond acceptors (Lipinski definition) is 2. The summed E-state index contributed by atoms with van der Waals surface area (Å²) in [6.45, 7) is 7.03. The van der Waals surface area contributed by atoms with Crippen molar-refractivity contribution in [2.45, 2.75) is 0 Å². The largest absolute Gasteiger partial charge is 0.319 e. The summed E-state index contributed by atoms with van der Waals surface area (Å²) in [6.07, 6.45) is 0. The topological polar surface area (TPSA) is 34.1 Å². The van der Waals surface area contributed by atoms with Gasteiger partial charge in [0.15, 0.2) is 0 Å². The van der Waals surface area contributed by atoms with Gasteiger partial charge in [-0.1, -0.05) is 60.1 Å². The maximum absolute atomic E-state index is 12.9. The number of rotatable bonds is 4. The van der Waals surface area contributed by atoms with Crippen LogP contribution in [0.5, 0.6) is 0 Å². The van der Waals surface area contributed by atoms with Crippen molar-refractivity contribution >= 4 is 47.3 Å². The van der Waals surface area contributed by atoms with E-state index >= 15 is 0 Å². The van der Waals surface area contributed by atoms with Gasteiger partial charge in [0.1, 0.15) is 14.3 Å².